The van der Waals surface area contributed by atoms with Gasteiger partial charge in [0.25, 0.3) is 0 Å². The molecule has 0 amide bonds. The predicted octanol–water partition coefficient (Wildman–Crippen LogP) is 1.43. The Hall–Kier alpha value is -1.20. The van der Waals surface area contributed by atoms with Crippen molar-refractivity contribution in [3.05, 3.63) is 18.0 Å². The zero-order chi connectivity index (χ0) is 14.5. The highest BCUT2D eigenvalue weighted by Crippen LogP contribution is 2.17. The van der Waals surface area contributed by atoms with Crippen molar-refractivity contribution in [2.24, 2.45) is 5.92 Å². The second-order valence-corrected chi connectivity index (χ2v) is 5.95. The minimum Gasteiger partial charge on any atom is -0.394 e. The lowest BCUT2D eigenvalue weighted by atomic mass is 10.1. The summed E-state index contributed by atoms with van der Waals surface area (Å²) in [5.41, 5.74) is 0.705. The van der Waals surface area contributed by atoms with Crippen molar-refractivity contribution in [2.45, 2.75) is 39.8 Å². The maximum atomic E-state index is 9.34. The van der Waals surface area contributed by atoms with Crippen molar-refractivity contribution in [3.63, 3.8) is 0 Å². The number of aliphatic hydroxyl groups excluding tert-OH is 1. The molecule has 0 spiro atoms. The molecule has 0 aliphatic rings. The molecule has 0 fully saturated rings. The van der Waals surface area contributed by atoms with Gasteiger partial charge in [0.2, 0.25) is 5.95 Å². The van der Waals surface area contributed by atoms with E-state index in [1.807, 2.05) is 38.2 Å². The van der Waals surface area contributed by atoms with E-state index in [9.17, 15) is 5.11 Å². The first-order chi connectivity index (χ1) is 8.86. The van der Waals surface area contributed by atoms with Crippen LogP contribution < -0.4 is 10.2 Å². The fourth-order valence-corrected chi connectivity index (χ4v) is 1.49. The Labute approximate surface area is 116 Å². The van der Waals surface area contributed by atoms with Crippen molar-refractivity contribution in [2.75, 3.05) is 25.1 Å². The molecule has 1 heterocycles. The summed E-state index contributed by atoms with van der Waals surface area (Å²) in [6.45, 7) is 10.1. The van der Waals surface area contributed by atoms with E-state index in [-0.39, 0.29) is 12.1 Å². The van der Waals surface area contributed by atoms with E-state index in [1.165, 1.54) is 0 Å². The Kier molecular flexibility index (Phi) is 5.69. The first-order valence-corrected chi connectivity index (χ1v) is 6.73. The highest BCUT2D eigenvalue weighted by molar-refractivity contribution is 5.32. The molecule has 0 atom stereocenters. The molecular weight excluding hydrogens is 240 g/mol. The summed E-state index contributed by atoms with van der Waals surface area (Å²) in [4.78, 5) is 10.6. The average Bonchev–Trinajstić information content (AvgIpc) is 2.38. The van der Waals surface area contributed by atoms with Crippen LogP contribution >= 0.6 is 0 Å². The number of hydrogen-bond acceptors (Lipinski definition) is 5. The summed E-state index contributed by atoms with van der Waals surface area (Å²) < 4.78 is 0. The Morgan fingerprint density at radius 1 is 1.32 bits per heavy atom. The molecule has 5 nitrogen and oxygen atoms in total. The standard InChI is InChI=1S/C14H26N4O/c1-11(2)6-15-7-12-8-16-13(17-9-12)18(5)14(3,4)10-19/h8-9,11,15,19H,6-7,10H2,1-5H3. The van der Waals surface area contributed by atoms with Crippen LogP contribution in [0, 0.1) is 5.92 Å². The summed E-state index contributed by atoms with van der Waals surface area (Å²) in [6, 6.07) is 0. The summed E-state index contributed by atoms with van der Waals surface area (Å²) in [7, 11) is 1.89. The Bertz CT molecular complexity index is 376. The SMILES string of the molecule is CC(C)CNCc1cnc(N(C)C(C)(C)CO)nc1. The summed E-state index contributed by atoms with van der Waals surface area (Å²) >= 11 is 0. The van der Waals surface area contributed by atoms with Gasteiger partial charge < -0.3 is 15.3 Å². The number of nitrogens with one attached hydrogen (secondary N) is 1. The van der Waals surface area contributed by atoms with E-state index in [0.717, 1.165) is 18.7 Å². The van der Waals surface area contributed by atoms with E-state index >= 15 is 0 Å². The van der Waals surface area contributed by atoms with Gasteiger partial charge >= 0.3 is 0 Å². The second kappa shape index (κ2) is 6.82. The molecule has 0 aliphatic carbocycles. The third-order valence-electron chi connectivity index (χ3n) is 3.17. The van der Waals surface area contributed by atoms with Crippen LogP contribution in [0.5, 0.6) is 0 Å². The third-order valence-corrected chi connectivity index (χ3v) is 3.17. The summed E-state index contributed by atoms with van der Waals surface area (Å²) in [5, 5.41) is 12.7. The number of rotatable bonds is 7. The number of nitrogens with zero attached hydrogens (tertiary/aromatic N) is 3. The first-order valence-electron chi connectivity index (χ1n) is 6.73. The quantitative estimate of drug-likeness (QED) is 0.782. The van der Waals surface area contributed by atoms with Crippen molar-refractivity contribution < 1.29 is 5.11 Å². The molecule has 0 saturated heterocycles. The van der Waals surface area contributed by atoms with Gasteiger partial charge in [0.05, 0.1) is 12.1 Å². The van der Waals surface area contributed by atoms with Gasteiger partial charge in [0.15, 0.2) is 0 Å². The molecule has 0 saturated carbocycles. The Morgan fingerprint density at radius 2 is 1.89 bits per heavy atom. The number of aromatic nitrogens is 2. The molecule has 2 N–H and O–H groups in total. The van der Waals surface area contributed by atoms with Crippen LogP contribution in [0.4, 0.5) is 5.95 Å². The molecule has 0 aromatic carbocycles. The molecule has 0 unspecified atom stereocenters. The van der Waals surface area contributed by atoms with Gasteiger partial charge in [-0.15, -0.1) is 0 Å². The van der Waals surface area contributed by atoms with Gasteiger partial charge in [-0.2, -0.15) is 0 Å². The van der Waals surface area contributed by atoms with Crippen LogP contribution in [0.3, 0.4) is 0 Å². The zero-order valence-corrected chi connectivity index (χ0v) is 12.6. The van der Waals surface area contributed by atoms with Gasteiger partial charge in [-0.05, 0) is 26.3 Å². The maximum Gasteiger partial charge on any atom is 0.225 e. The lowest BCUT2D eigenvalue weighted by molar-refractivity contribution is 0.215. The third kappa shape index (κ3) is 4.76. The lowest BCUT2D eigenvalue weighted by Gasteiger charge is -2.33. The topological polar surface area (TPSA) is 61.3 Å². The number of likely N-dealkylation sites (N-methyl/N-ethyl adjacent to an activating group) is 1. The molecule has 0 radical (unpaired) electrons. The number of hydrogen-bond donors (Lipinski definition) is 2. The van der Waals surface area contributed by atoms with Crippen molar-refractivity contribution >= 4 is 5.95 Å². The van der Waals surface area contributed by atoms with E-state index in [1.54, 1.807) is 0 Å². The van der Waals surface area contributed by atoms with Gasteiger partial charge in [-0.25, -0.2) is 9.97 Å². The molecule has 1 aromatic rings. The molecule has 1 rings (SSSR count). The Balaban J connectivity index is 2.61. The molecule has 0 aliphatic heterocycles. The minimum absolute atomic E-state index is 0.0601. The summed E-state index contributed by atoms with van der Waals surface area (Å²) in [6.07, 6.45) is 3.67. The molecule has 0 bridgehead atoms. The summed E-state index contributed by atoms with van der Waals surface area (Å²) in [5.74, 6) is 1.27. The normalized spacial score (nSPS) is 11.9. The van der Waals surface area contributed by atoms with Crippen LogP contribution in [-0.4, -0.2) is 40.8 Å². The van der Waals surface area contributed by atoms with E-state index in [0.29, 0.717) is 11.9 Å². The smallest absolute Gasteiger partial charge is 0.225 e. The largest absolute Gasteiger partial charge is 0.394 e. The Morgan fingerprint density at radius 3 is 2.37 bits per heavy atom. The zero-order valence-electron chi connectivity index (χ0n) is 12.6. The molecule has 5 heteroatoms. The first kappa shape index (κ1) is 15.9. The molecule has 19 heavy (non-hydrogen) atoms. The van der Waals surface area contributed by atoms with Crippen LogP contribution in [0.15, 0.2) is 12.4 Å². The van der Waals surface area contributed by atoms with Gasteiger partial charge in [-0.1, -0.05) is 13.8 Å². The van der Waals surface area contributed by atoms with Crippen molar-refractivity contribution in [1.82, 2.24) is 15.3 Å². The predicted molar refractivity (Wildman–Crippen MR) is 78.1 cm³/mol. The molecule has 1 aromatic heterocycles. The fraction of sp³-hybridized carbons (Fsp3) is 0.714. The minimum atomic E-state index is -0.364. The lowest BCUT2D eigenvalue weighted by Crippen LogP contribution is -2.45. The van der Waals surface area contributed by atoms with E-state index in [4.69, 9.17) is 0 Å². The highest BCUT2D eigenvalue weighted by Gasteiger charge is 2.24. The number of anilines is 1. The van der Waals surface area contributed by atoms with Crippen LogP contribution in [-0.2, 0) is 6.54 Å². The van der Waals surface area contributed by atoms with Crippen LogP contribution in [0.2, 0.25) is 0 Å². The van der Waals surface area contributed by atoms with Crippen LogP contribution in [0.25, 0.3) is 0 Å². The maximum absolute atomic E-state index is 9.34. The highest BCUT2D eigenvalue weighted by atomic mass is 16.3. The van der Waals surface area contributed by atoms with Crippen LogP contribution in [0.1, 0.15) is 33.3 Å². The van der Waals surface area contributed by atoms with Crippen molar-refractivity contribution in [3.8, 4) is 0 Å². The second-order valence-electron chi connectivity index (χ2n) is 5.95. The monoisotopic (exact) mass is 266 g/mol. The molecule has 108 valence electrons. The van der Waals surface area contributed by atoms with Gasteiger partial charge in [0, 0.05) is 31.5 Å². The number of aliphatic hydroxyl groups is 1. The molecular formula is C14H26N4O. The van der Waals surface area contributed by atoms with Gasteiger partial charge in [0.1, 0.15) is 0 Å². The van der Waals surface area contributed by atoms with Crippen molar-refractivity contribution in [1.29, 1.82) is 0 Å². The van der Waals surface area contributed by atoms with E-state index in [2.05, 4.69) is 29.1 Å². The van der Waals surface area contributed by atoms with Gasteiger partial charge in [-0.3, -0.25) is 0 Å². The van der Waals surface area contributed by atoms with E-state index < -0.39 is 0 Å². The fourth-order valence-electron chi connectivity index (χ4n) is 1.49. The average molecular weight is 266 g/mol.